The van der Waals surface area contributed by atoms with Gasteiger partial charge in [-0.3, -0.25) is 4.79 Å². The van der Waals surface area contributed by atoms with E-state index in [-0.39, 0.29) is 18.5 Å². The van der Waals surface area contributed by atoms with Crippen molar-refractivity contribution in [3.8, 4) is 0 Å². The Morgan fingerprint density at radius 1 is 1.33 bits per heavy atom. The van der Waals surface area contributed by atoms with Crippen LogP contribution in [-0.4, -0.2) is 40.6 Å². The molecular weight excluding hydrogens is 232 g/mol. The predicted octanol–water partition coefficient (Wildman–Crippen LogP) is 1.82. The molecule has 0 aromatic heterocycles. The highest BCUT2D eigenvalue weighted by Gasteiger charge is 2.37. The summed E-state index contributed by atoms with van der Waals surface area (Å²) in [4.78, 5) is 24.8. The third kappa shape index (κ3) is 3.89. The number of carbonyl (C=O) groups is 2. The summed E-state index contributed by atoms with van der Waals surface area (Å²) >= 11 is 0. The highest BCUT2D eigenvalue weighted by atomic mass is 16.4. The van der Waals surface area contributed by atoms with Gasteiger partial charge in [-0.15, -0.1) is 0 Å². The van der Waals surface area contributed by atoms with Gasteiger partial charge < -0.3 is 15.3 Å². The summed E-state index contributed by atoms with van der Waals surface area (Å²) in [5.74, 6) is -0.182. The Kier molecular flexibility index (Phi) is 4.09. The minimum absolute atomic E-state index is 0.00414. The standard InChI is InChI=1S/C13H22N2O3/c1-2-10(7-12(16)17)14-13(18)15(11-5-6-11)8-9-3-4-9/h9-11H,2-8H2,1H3,(H,14,18)(H,16,17). The van der Waals surface area contributed by atoms with E-state index in [1.54, 1.807) is 0 Å². The lowest BCUT2D eigenvalue weighted by atomic mass is 10.1. The van der Waals surface area contributed by atoms with E-state index in [9.17, 15) is 9.59 Å². The maximum Gasteiger partial charge on any atom is 0.317 e. The average Bonchev–Trinajstić information content (AvgIpc) is 3.14. The first kappa shape index (κ1) is 13.2. The van der Waals surface area contributed by atoms with Crippen LogP contribution in [-0.2, 0) is 4.79 Å². The molecule has 0 bridgehead atoms. The molecular formula is C13H22N2O3. The molecule has 0 aromatic carbocycles. The third-order valence-corrected chi connectivity index (χ3v) is 3.64. The zero-order chi connectivity index (χ0) is 13.1. The van der Waals surface area contributed by atoms with E-state index in [4.69, 9.17) is 5.11 Å². The van der Waals surface area contributed by atoms with E-state index in [0.29, 0.717) is 18.4 Å². The number of rotatable bonds is 7. The fraction of sp³-hybridized carbons (Fsp3) is 0.846. The molecule has 18 heavy (non-hydrogen) atoms. The van der Waals surface area contributed by atoms with Crippen molar-refractivity contribution in [3.05, 3.63) is 0 Å². The van der Waals surface area contributed by atoms with Gasteiger partial charge >= 0.3 is 12.0 Å². The van der Waals surface area contributed by atoms with E-state index in [1.807, 2.05) is 11.8 Å². The molecule has 2 saturated carbocycles. The van der Waals surface area contributed by atoms with Gasteiger partial charge in [0.15, 0.2) is 0 Å². The number of carbonyl (C=O) groups excluding carboxylic acids is 1. The number of nitrogens with one attached hydrogen (secondary N) is 1. The van der Waals surface area contributed by atoms with Gasteiger partial charge in [0.05, 0.1) is 6.42 Å². The second-order valence-electron chi connectivity index (χ2n) is 5.48. The van der Waals surface area contributed by atoms with Crippen LogP contribution in [0.4, 0.5) is 4.79 Å². The van der Waals surface area contributed by atoms with Gasteiger partial charge in [-0.25, -0.2) is 4.79 Å². The molecule has 2 N–H and O–H groups in total. The number of amides is 2. The number of hydrogen-bond acceptors (Lipinski definition) is 2. The lowest BCUT2D eigenvalue weighted by molar-refractivity contribution is -0.137. The van der Waals surface area contributed by atoms with Crippen molar-refractivity contribution in [3.63, 3.8) is 0 Å². The molecule has 2 fully saturated rings. The Bertz CT molecular complexity index is 324. The van der Waals surface area contributed by atoms with E-state index >= 15 is 0 Å². The number of carboxylic acids is 1. The van der Waals surface area contributed by atoms with Gasteiger partial charge in [-0.05, 0) is 38.0 Å². The molecule has 1 unspecified atom stereocenters. The van der Waals surface area contributed by atoms with Crippen molar-refractivity contribution in [2.24, 2.45) is 5.92 Å². The zero-order valence-electron chi connectivity index (χ0n) is 10.9. The van der Waals surface area contributed by atoms with E-state index in [2.05, 4.69) is 5.32 Å². The summed E-state index contributed by atoms with van der Waals surface area (Å²) in [5, 5.41) is 11.6. The van der Waals surface area contributed by atoms with Gasteiger partial charge in [0.1, 0.15) is 0 Å². The van der Waals surface area contributed by atoms with Crippen LogP contribution in [0.15, 0.2) is 0 Å². The minimum atomic E-state index is -0.859. The molecule has 0 radical (unpaired) electrons. The second kappa shape index (κ2) is 5.59. The Balaban J connectivity index is 1.84. The van der Waals surface area contributed by atoms with E-state index in [1.165, 1.54) is 12.8 Å². The molecule has 2 rings (SSSR count). The molecule has 2 aliphatic carbocycles. The van der Waals surface area contributed by atoms with Crippen molar-refractivity contribution in [1.29, 1.82) is 0 Å². The van der Waals surface area contributed by atoms with Gasteiger partial charge in [-0.1, -0.05) is 6.92 Å². The van der Waals surface area contributed by atoms with Crippen LogP contribution in [0.25, 0.3) is 0 Å². The van der Waals surface area contributed by atoms with Gasteiger partial charge in [-0.2, -0.15) is 0 Å². The van der Waals surface area contributed by atoms with Crippen molar-refractivity contribution in [2.45, 2.75) is 57.5 Å². The molecule has 2 aliphatic rings. The quantitative estimate of drug-likeness (QED) is 0.728. The molecule has 5 nitrogen and oxygen atoms in total. The molecule has 0 aliphatic heterocycles. The molecule has 0 saturated heterocycles. The number of urea groups is 1. The Morgan fingerprint density at radius 3 is 2.44 bits per heavy atom. The topological polar surface area (TPSA) is 69.6 Å². The van der Waals surface area contributed by atoms with Gasteiger partial charge in [0.2, 0.25) is 0 Å². The SMILES string of the molecule is CCC(CC(=O)O)NC(=O)N(CC1CC1)C1CC1. The third-order valence-electron chi connectivity index (χ3n) is 3.64. The second-order valence-corrected chi connectivity index (χ2v) is 5.48. The maximum absolute atomic E-state index is 12.2. The average molecular weight is 254 g/mol. The van der Waals surface area contributed by atoms with Crippen molar-refractivity contribution < 1.29 is 14.7 Å². The van der Waals surface area contributed by atoms with E-state index < -0.39 is 5.97 Å². The lowest BCUT2D eigenvalue weighted by Gasteiger charge is -2.25. The maximum atomic E-state index is 12.2. The van der Waals surface area contributed by atoms with Gasteiger partial charge in [0, 0.05) is 18.6 Å². The number of carboxylic acid groups (broad SMARTS) is 1. The van der Waals surface area contributed by atoms with Crippen molar-refractivity contribution in [1.82, 2.24) is 10.2 Å². The first-order valence-electron chi connectivity index (χ1n) is 6.89. The molecule has 0 heterocycles. The summed E-state index contributed by atoms with van der Waals surface area (Å²) in [7, 11) is 0. The van der Waals surface area contributed by atoms with Crippen molar-refractivity contribution in [2.75, 3.05) is 6.54 Å². The van der Waals surface area contributed by atoms with Crippen LogP contribution in [0.1, 0.15) is 45.4 Å². The van der Waals surface area contributed by atoms with Crippen LogP contribution in [0.3, 0.4) is 0 Å². The first-order valence-corrected chi connectivity index (χ1v) is 6.89. The summed E-state index contributed by atoms with van der Waals surface area (Å²) in [6.07, 6.45) is 5.29. The van der Waals surface area contributed by atoms with Crippen molar-refractivity contribution >= 4 is 12.0 Å². The predicted molar refractivity (Wildman–Crippen MR) is 67.3 cm³/mol. The largest absolute Gasteiger partial charge is 0.481 e. The fourth-order valence-corrected chi connectivity index (χ4v) is 2.13. The number of aliphatic carboxylic acids is 1. The van der Waals surface area contributed by atoms with Crippen LogP contribution < -0.4 is 5.32 Å². The number of nitrogens with zero attached hydrogens (tertiary/aromatic N) is 1. The zero-order valence-corrected chi connectivity index (χ0v) is 10.9. The lowest BCUT2D eigenvalue weighted by Crippen LogP contribution is -2.47. The molecule has 0 aromatic rings. The Morgan fingerprint density at radius 2 is 2.00 bits per heavy atom. The summed E-state index contributed by atoms with van der Waals surface area (Å²) in [5.41, 5.74) is 0. The minimum Gasteiger partial charge on any atom is -0.481 e. The smallest absolute Gasteiger partial charge is 0.317 e. The number of hydrogen-bond donors (Lipinski definition) is 2. The summed E-state index contributed by atoms with van der Waals surface area (Å²) < 4.78 is 0. The molecule has 5 heteroatoms. The summed E-state index contributed by atoms with van der Waals surface area (Å²) in [6, 6.07) is 0.0703. The highest BCUT2D eigenvalue weighted by molar-refractivity contribution is 5.76. The van der Waals surface area contributed by atoms with Crippen LogP contribution in [0, 0.1) is 5.92 Å². The summed E-state index contributed by atoms with van der Waals surface area (Å²) in [6.45, 7) is 2.75. The Labute approximate surface area is 108 Å². The highest BCUT2D eigenvalue weighted by Crippen LogP contribution is 2.34. The first-order chi connectivity index (χ1) is 8.60. The molecule has 2 amide bonds. The van der Waals surface area contributed by atoms with Crippen LogP contribution in [0.5, 0.6) is 0 Å². The Hall–Kier alpha value is -1.26. The molecule has 102 valence electrons. The molecule has 1 atom stereocenters. The van der Waals surface area contributed by atoms with Gasteiger partial charge in [0.25, 0.3) is 0 Å². The van der Waals surface area contributed by atoms with Crippen LogP contribution in [0.2, 0.25) is 0 Å². The molecule has 0 spiro atoms. The normalized spacial score (nSPS) is 20.3. The fourth-order valence-electron chi connectivity index (χ4n) is 2.13. The van der Waals surface area contributed by atoms with E-state index in [0.717, 1.165) is 19.4 Å². The van der Waals surface area contributed by atoms with Crippen LogP contribution >= 0.6 is 0 Å². The monoisotopic (exact) mass is 254 g/mol.